The van der Waals surface area contributed by atoms with E-state index >= 15 is 0 Å². The molecule has 0 aromatic heterocycles. The van der Waals surface area contributed by atoms with Crippen molar-refractivity contribution in [3.8, 4) is 0 Å². The van der Waals surface area contributed by atoms with Crippen molar-refractivity contribution in [1.82, 2.24) is 0 Å². The maximum Gasteiger partial charge on any atom is 0.164 e. The third-order valence-electron chi connectivity index (χ3n) is 1.96. The van der Waals surface area contributed by atoms with Crippen LogP contribution in [0.2, 0.25) is 0 Å². The summed E-state index contributed by atoms with van der Waals surface area (Å²) < 4.78 is 11.2. The second-order valence-corrected chi connectivity index (χ2v) is 3.89. The number of fused-ring (bicyclic) bond motifs is 1. The largest absolute Gasteiger partial charge is 0.340 e. The quantitative estimate of drug-likeness (QED) is 0.578. The van der Waals surface area contributed by atoms with Crippen LogP contribution in [0, 0.1) is 0 Å². The molecule has 1 fully saturated rings. The highest BCUT2D eigenvalue weighted by atomic mass is 35.5. The molecule has 1 aliphatic carbocycles. The molecule has 0 radical (unpaired) electrons. The highest BCUT2D eigenvalue weighted by molar-refractivity contribution is 6.30. The number of ether oxygens (including phenoxy) is 2. The standard InChI is InChI=1S/C9H11ClO2/c1-9(2)11-7-5-3-4-6(10)8(7)12-9/h3-5,7-8H,1-2H3. The van der Waals surface area contributed by atoms with Gasteiger partial charge in [-0.25, -0.2) is 0 Å². The molecule has 0 spiro atoms. The maximum atomic E-state index is 5.95. The minimum absolute atomic E-state index is 0.0162. The normalized spacial score (nSPS) is 37.8. The molecule has 0 aromatic rings. The SMILES string of the molecule is CC1(C)OC2C=CC=C(Cl)C2O1. The molecule has 0 saturated carbocycles. The molecule has 2 rings (SSSR count). The molecular formula is C9H11ClO2. The Kier molecular flexibility index (Phi) is 1.79. The minimum atomic E-state index is -0.516. The van der Waals surface area contributed by atoms with Crippen molar-refractivity contribution in [2.75, 3.05) is 0 Å². The number of hydrogen-bond acceptors (Lipinski definition) is 2. The summed E-state index contributed by atoms with van der Waals surface area (Å²) in [6.45, 7) is 3.78. The van der Waals surface area contributed by atoms with Crippen LogP contribution in [0.25, 0.3) is 0 Å². The van der Waals surface area contributed by atoms with Gasteiger partial charge in [-0.3, -0.25) is 0 Å². The van der Waals surface area contributed by atoms with Crippen molar-refractivity contribution in [3.63, 3.8) is 0 Å². The summed E-state index contributed by atoms with van der Waals surface area (Å²) in [5.41, 5.74) is 0. The first-order chi connectivity index (χ1) is 5.58. The molecule has 1 aliphatic heterocycles. The molecule has 2 unspecified atom stereocenters. The van der Waals surface area contributed by atoms with Crippen LogP contribution in [-0.2, 0) is 9.47 Å². The molecule has 0 N–H and O–H groups in total. The topological polar surface area (TPSA) is 18.5 Å². The van der Waals surface area contributed by atoms with Gasteiger partial charge in [0.05, 0.1) is 0 Å². The Morgan fingerprint density at radius 1 is 1.42 bits per heavy atom. The summed E-state index contributed by atoms with van der Waals surface area (Å²) in [7, 11) is 0. The van der Waals surface area contributed by atoms with Crippen LogP contribution in [0.4, 0.5) is 0 Å². The van der Waals surface area contributed by atoms with E-state index in [0.29, 0.717) is 5.03 Å². The van der Waals surface area contributed by atoms with E-state index in [-0.39, 0.29) is 12.2 Å². The molecule has 1 heterocycles. The number of allylic oxidation sites excluding steroid dienone is 2. The zero-order chi connectivity index (χ0) is 8.77. The molecular weight excluding hydrogens is 176 g/mol. The Balaban J connectivity index is 2.24. The van der Waals surface area contributed by atoms with Crippen molar-refractivity contribution in [1.29, 1.82) is 0 Å². The molecule has 3 heteroatoms. The lowest BCUT2D eigenvalue weighted by Crippen LogP contribution is -2.22. The second-order valence-electron chi connectivity index (χ2n) is 3.46. The molecule has 2 nitrogen and oxygen atoms in total. The van der Waals surface area contributed by atoms with Gasteiger partial charge in [0.25, 0.3) is 0 Å². The molecule has 1 saturated heterocycles. The minimum Gasteiger partial charge on any atom is -0.340 e. The highest BCUT2D eigenvalue weighted by Crippen LogP contribution is 2.35. The highest BCUT2D eigenvalue weighted by Gasteiger charge is 2.42. The fourth-order valence-corrected chi connectivity index (χ4v) is 1.74. The van der Waals surface area contributed by atoms with Gasteiger partial charge in [0.2, 0.25) is 0 Å². The van der Waals surface area contributed by atoms with Crippen LogP contribution in [0.1, 0.15) is 13.8 Å². The first-order valence-electron chi connectivity index (χ1n) is 3.98. The van der Waals surface area contributed by atoms with Crippen molar-refractivity contribution in [2.45, 2.75) is 31.8 Å². The molecule has 2 atom stereocenters. The van der Waals surface area contributed by atoms with Crippen LogP contribution in [0.15, 0.2) is 23.3 Å². The predicted octanol–water partition coefficient (Wildman–Crippen LogP) is 2.20. The fourth-order valence-electron chi connectivity index (χ4n) is 1.50. The van der Waals surface area contributed by atoms with Crippen LogP contribution in [-0.4, -0.2) is 18.0 Å². The second kappa shape index (κ2) is 2.59. The van der Waals surface area contributed by atoms with Crippen molar-refractivity contribution < 1.29 is 9.47 Å². The van der Waals surface area contributed by atoms with E-state index in [1.807, 2.05) is 32.1 Å². The lowest BCUT2D eigenvalue weighted by molar-refractivity contribution is -0.139. The fraction of sp³-hybridized carbons (Fsp3) is 0.556. The number of rotatable bonds is 0. The van der Waals surface area contributed by atoms with E-state index < -0.39 is 5.79 Å². The maximum absolute atomic E-state index is 5.95. The molecule has 0 bridgehead atoms. The third kappa shape index (κ3) is 1.30. The summed E-state index contributed by atoms with van der Waals surface area (Å²) in [4.78, 5) is 0. The Morgan fingerprint density at radius 3 is 2.83 bits per heavy atom. The van der Waals surface area contributed by atoms with Gasteiger partial charge >= 0.3 is 0 Å². The average Bonchev–Trinajstić information content (AvgIpc) is 2.25. The molecule has 2 aliphatic rings. The van der Waals surface area contributed by atoms with Gasteiger partial charge in [0.1, 0.15) is 12.2 Å². The average molecular weight is 187 g/mol. The van der Waals surface area contributed by atoms with Gasteiger partial charge in [-0.15, -0.1) is 0 Å². The lowest BCUT2D eigenvalue weighted by Gasteiger charge is -2.16. The first-order valence-corrected chi connectivity index (χ1v) is 4.36. The summed E-state index contributed by atoms with van der Waals surface area (Å²) in [6.07, 6.45) is 5.58. The van der Waals surface area contributed by atoms with E-state index in [4.69, 9.17) is 21.1 Å². The summed E-state index contributed by atoms with van der Waals surface area (Å²) in [6, 6.07) is 0. The van der Waals surface area contributed by atoms with Crippen LogP contribution in [0.5, 0.6) is 0 Å². The third-order valence-corrected chi connectivity index (χ3v) is 2.30. The monoisotopic (exact) mass is 186 g/mol. The summed E-state index contributed by atoms with van der Waals surface area (Å²) in [5, 5.41) is 0.716. The van der Waals surface area contributed by atoms with Crippen molar-refractivity contribution >= 4 is 11.6 Å². The van der Waals surface area contributed by atoms with Gasteiger partial charge in [0, 0.05) is 5.03 Å². The zero-order valence-electron chi connectivity index (χ0n) is 7.08. The van der Waals surface area contributed by atoms with Crippen molar-refractivity contribution in [3.05, 3.63) is 23.3 Å². The smallest absolute Gasteiger partial charge is 0.164 e. The molecule has 0 amide bonds. The van der Waals surface area contributed by atoms with Gasteiger partial charge in [-0.1, -0.05) is 23.8 Å². The molecule has 0 aromatic carbocycles. The summed E-state index contributed by atoms with van der Waals surface area (Å²) in [5.74, 6) is -0.516. The van der Waals surface area contributed by atoms with E-state index in [9.17, 15) is 0 Å². The predicted molar refractivity (Wildman–Crippen MR) is 46.9 cm³/mol. The zero-order valence-corrected chi connectivity index (χ0v) is 7.84. The van der Waals surface area contributed by atoms with Crippen LogP contribution < -0.4 is 0 Å². The van der Waals surface area contributed by atoms with Gasteiger partial charge in [0.15, 0.2) is 5.79 Å². The first kappa shape index (κ1) is 8.30. The Hall–Kier alpha value is -0.310. The van der Waals surface area contributed by atoms with Crippen LogP contribution in [0.3, 0.4) is 0 Å². The Bertz CT molecular complexity index is 255. The van der Waals surface area contributed by atoms with Gasteiger partial charge in [-0.05, 0) is 19.9 Å². The van der Waals surface area contributed by atoms with Crippen LogP contribution >= 0.6 is 11.6 Å². The van der Waals surface area contributed by atoms with Crippen molar-refractivity contribution in [2.24, 2.45) is 0 Å². The van der Waals surface area contributed by atoms with E-state index in [0.717, 1.165) is 0 Å². The molecule has 66 valence electrons. The van der Waals surface area contributed by atoms with Gasteiger partial charge < -0.3 is 9.47 Å². The van der Waals surface area contributed by atoms with E-state index in [1.54, 1.807) is 0 Å². The Labute approximate surface area is 76.8 Å². The van der Waals surface area contributed by atoms with E-state index in [2.05, 4.69) is 0 Å². The molecule has 12 heavy (non-hydrogen) atoms. The number of halogens is 1. The van der Waals surface area contributed by atoms with Gasteiger partial charge in [-0.2, -0.15) is 0 Å². The Morgan fingerprint density at radius 2 is 2.17 bits per heavy atom. The number of hydrogen-bond donors (Lipinski definition) is 0. The lowest BCUT2D eigenvalue weighted by atomic mass is 10.1. The van der Waals surface area contributed by atoms with E-state index in [1.165, 1.54) is 0 Å². The summed E-state index contributed by atoms with van der Waals surface area (Å²) >= 11 is 5.95.